The van der Waals surface area contributed by atoms with Crippen LogP contribution in [0.1, 0.15) is 64.5 Å². The molecular weight excluding hydrogens is 619 g/mol. The van der Waals surface area contributed by atoms with E-state index in [2.05, 4.69) is 34.2 Å². The Balaban J connectivity index is 1.37. The number of carbonyl (C=O) groups excluding carboxylic acids is 2. The molecule has 0 bridgehead atoms. The first-order chi connectivity index (χ1) is 20.9. The van der Waals surface area contributed by atoms with Crippen LogP contribution in [0.4, 0.5) is 5.13 Å². The van der Waals surface area contributed by atoms with Gasteiger partial charge in [-0.3, -0.25) is 19.4 Å². The average molecular weight is 664 g/mol. The van der Waals surface area contributed by atoms with Crippen molar-refractivity contribution in [2.75, 3.05) is 37.7 Å². The first-order valence-corrected chi connectivity index (χ1v) is 17.0. The number of ether oxygens (including phenoxy) is 2. The average Bonchev–Trinajstić information content (AvgIpc) is 3.45. The van der Waals surface area contributed by atoms with Crippen LogP contribution in [0.3, 0.4) is 0 Å². The predicted octanol–water partition coefficient (Wildman–Crippen LogP) is 7.30. The molecule has 1 aromatic carbocycles. The maximum atomic E-state index is 13.6. The van der Waals surface area contributed by atoms with Gasteiger partial charge in [-0.05, 0) is 96.3 Å². The van der Waals surface area contributed by atoms with Crippen LogP contribution in [-0.4, -0.2) is 70.7 Å². The number of alkyl halides is 1. The van der Waals surface area contributed by atoms with Gasteiger partial charge < -0.3 is 9.47 Å². The summed E-state index contributed by atoms with van der Waals surface area (Å²) in [6, 6.07) is 4.11. The van der Waals surface area contributed by atoms with Gasteiger partial charge in [-0.15, -0.1) is 21.8 Å². The van der Waals surface area contributed by atoms with Gasteiger partial charge in [0.2, 0.25) is 11.0 Å². The summed E-state index contributed by atoms with van der Waals surface area (Å²) in [5.74, 6) is 0.0572. The minimum absolute atomic E-state index is 0.0295. The van der Waals surface area contributed by atoms with Crippen LogP contribution in [0.25, 0.3) is 10.6 Å². The van der Waals surface area contributed by atoms with E-state index < -0.39 is 16.9 Å². The van der Waals surface area contributed by atoms with E-state index in [1.165, 1.54) is 11.3 Å². The Morgan fingerprint density at radius 2 is 1.82 bits per heavy atom. The molecule has 1 saturated heterocycles. The molecule has 1 aliphatic heterocycles. The number of allylic oxidation sites excluding steroid dienone is 3. The summed E-state index contributed by atoms with van der Waals surface area (Å²) in [6.45, 7) is 15.5. The lowest BCUT2D eigenvalue weighted by Crippen LogP contribution is -2.40. The quantitative estimate of drug-likeness (QED) is 0.184. The zero-order valence-electron chi connectivity index (χ0n) is 26.6. The van der Waals surface area contributed by atoms with Crippen molar-refractivity contribution in [1.29, 1.82) is 0 Å². The summed E-state index contributed by atoms with van der Waals surface area (Å²) < 4.78 is 11.8. The van der Waals surface area contributed by atoms with Crippen LogP contribution in [0.2, 0.25) is 0 Å². The fourth-order valence-corrected chi connectivity index (χ4v) is 6.77. The van der Waals surface area contributed by atoms with Crippen LogP contribution in [-0.2, 0) is 14.3 Å². The maximum Gasteiger partial charge on any atom is 0.309 e. The standard InChI is InChI=1S/C33H44Cl2N4O4S/c1-7-8-14-39(30(40)25-10-9-11-26(34)27(25)35)32-37-36-29(44-32)24-19-21(2)28(22(3)20-24)42-18-17-38-15-12-23(13-16-38)31(41)43-33(4,5)6/h9-11,19-20,23,25,27H,7-8,12-18H2,1-6H3. The van der Waals surface area contributed by atoms with E-state index in [0.717, 1.165) is 72.8 Å². The first-order valence-electron chi connectivity index (χ1n) is 15.4. The summed E-state index contributed by atoms with van der Waals surface area (Å²) in [6.07, 6.45) is 8.67. The van der Waals surface area contributed by atoms with Crippen LogP contribution >= 0.6 is 34.5 Å². The Morgan fingerprint density at radius 3 is 2.45 bits per heavy atom. The maximum absolute atomic E-state index is 13.6. The molecule has 240 valence electrons. The Bertz CT molecular complexity index is 1350. The van der Waals surface area contributed by atoms with E-state index in [4.69, 9.17) is 32.7 Å². The van der Waals surface area contributed by atoms with Gasteiger partial charge in [0, 0.05) is 23.7 Å². The van der Waals surface area contributed by atoms with E-state index in [1.807, 2.05) is 34.6 Å². The van der Waals surface area contributed by atoms with Crippen molar-refractivity contribution in [3.63, 3.8) is 0 Å². The summed E-state index contributed by atoms with van der Waals surface area (Å²) in [5.41, 5.74) is 2.51. The molecule has 1 aromatic heterocycles. The van der Waals surface area contributed by atoms with Crippen molar-refractivity contribution in [1.82, 2.24) is 15.1 Å². The summed E-state index contributed by atoms with van der Waals surface area (Å²) in [5, 5.41) is 10.0. The molecule has 1 amide bonds. The second-order valence-corrected chi connectivity index (χ2v) is 14.4. The Hall–Kier alpha value is -2.46. The molecule has 0 spiro atoms. The molecular formula is C33H44Cl2N4O4S. The number of rotatable bonds is 11. The lowest BCUT2D eigenvalue weighted by atomic mass is 9.96. The van der Waals surface area contributed by atoms with Gasteiger partial charge in [0.1, 0.15) is 23.0 Å². The molecule has 11 heteroatoms. The number of aryl methyl sites for hydroxylation is 2. The molecule has 2 heterocycles. The fourth-order valence-electron chi connectivity index (χ4n) is 5.43. The van der Waals surface area contributed by atoms with Crippen molar-refractivity contribution in [3.05, 3.63) is 46.5 Å². The molecule has 2 atom stereocenters. The molecule has 1 fully saturated rings. The Labute approximate surface area is 275 Å². The Kier molecular flexibility index (Phi) is 11.9. The summed E-state index contributed by atoms with van der Waals surface area (Å²) in [4.78, 5) is 30.0. The third-order valence-corrected chi connectivity index (χ3v) is 9.75. The molecule has 2 aromatic rings. The highest BCUT2D eigenvalue weighted by Crippen LogP contribution is 2.36. The molecule has 0 radical (unpaired) electrons. The number of benzene rings is 1. The second kappa shape index (κ2) is 15.2. The van der Waals surface area contributed by atoms with Crippen molar-refractivity contribution in [2.45, 2.75) is 78.2 Å². The highest BCUT2D eigenvalue weighted by molar-refractivity contribution is 7.18. The van der Waals surface area contributed by atoms with E-state index in [-0.39, 0.29) is 17.8 Å². The van der Waals surface area contributed by atoms with Crippen molar-refractivity contribution < 1.29 is 19.1 Å². The monoisotopic (exact) mass is 662 g/mol. The number of carbonyl (C=O) groups is 2. The smallest absolute Gasteiger partial charge is 0.309 e. The third kappa shape index (κ3) is 8.83. The first kappa shape index (κ1) is 34.4. The minimum Gasteiger partial charge on any atom is -0.492 e. The Morgan fingerprint density at radius 1 is 1.14 bits per heavy atom. The van der Waals surface area contributed by atoms with Gasteiger partial charge in [-0.2, -0.15) is 0 Å². The number of nitrogens with zero attached hydrogens (tertiary/aromatic N) is 4. The predicted molar refractivity (Wildman–Crippen MR) is 179 cm³/mol. The molecule has 0 N–H and O–H groups in total. The minimum atomic E-state index is -0.604. The number of unbranched alkanes of at least 4 members (excludes halogenated alkanes) is 1. The van der Waals surface area contributed by atoms with Gasteiger partial charge in [0.25, 0.3) is 0 Å². The van der Waals surface area contributed by atoms with Gasteiger partial charge >= 0.3 is 5.97 Å². The van der Waals surface area contributed by atoms with Crippen LogP contribution in [0.5, 0.6) is 5.75 Å². The number of anilines is 1. The highest BCUT2D eigenvalue weighted by atomic mass is 35.5. The molecule has 4 rings (SSSR count). The summed E-state index contributed by atoms with van der Waals surface area (Å²) >= 11 is 14.1. The van der Waals surface area contributed by atoms with Crippen LogP contribution in [0, 0.1) is 25.7 Å². The largest absolute Gasteiger partial charge is 0.492 e. The van der Waals surface area contributed by atoms with Gasteiger partial charge in [0.15, 0.2) is 0 Å². The molecule has 2 unspecified atom stereocenters. The highest BCUT2D eigenvalue weighted by Gasteiger charge is 2.34. The third-order valence-electron chi connectivity index (χ3n) is 7.77. The van der Waals surface area contributed by atoms with E-state index >= 15 is 0 Å². The number of likely N-dealkylation sites (tertiary alicyclic amines) is 1. The molecule has 44 heavy (non-hydrogen) atoms. The number of aromatic nitrogens is 2. The fraction of sp³-hybridized carbons (Fsp3) is 0.576. The van der Waals surface area contributed by atoms with Crippen molar-refractivity contribution >= 4 is 51.5 Å². The normalized spacial score (nSPS) is 19.5. The van der Waals surface area contributed by atoms with Crippen molar-refractivity contribution in [3.8, 4) is 16.3 Å². The van der Waals surface area contributed by atoms with Crippen LogP contribution in [0.15, 0.2) is 35.4 Å². The molecule has 2 aliphatic rings. The van der Waals surface area contributed by atoms with E-state index in [9.17, 15) is 9.59 Å². The van der Waals surface area contributed by atoms with E-state index in [0.29, 0.717) is 23.3 Å². The number of esters is 1. The second-order valence-electron chi connectivity index (χ2n) is 12.5. The van der Waals surface area contributed by atoms with Crippen molar-refractivity contribution in [2.24, 2.45) is 11.8 Å². The zero-order chi connectivity index (χ0) is 32.0. The molecule has 0 saturated carbocycles. The summed E-state index contributed by atoms with van der Waals surface area (Å²) in [7, 11) is 0. The lowest BCUT2D eigenvalue weighted by molar-refractivity contribution is -0.161. The number of hydrogen-bond acceptors (Lipinski definition) is 8. The number of hydrogen-bond donors (Lipinski definition) is 0. The van der Waals surface area contributed by atoms with E-state index in [1.54, 1.807) is 23.1 Å². The lowest BCUT2D eigenvalue weighted by Gasteiger charge is -2.32. The van der Waals surface area contributed by atoms with Gasteiger partial charge in [-0.25, -0.2) is 0 Å². The number of amides is 1. The zero-order valence-corrected chi connectivity index (χ0v) is 28.9. The SMILES string of the molecule is CCCCN(C(=O)C1C=CC=C(Cl)C1Cl)c1nnc(-c2cc(C)c(OCCN3CCC(C(=O)OC(C)(C)C)CC3)c(C)c2)s1. The topological polar surface area (TPSA) is 84.9 Å². The van der Waals surface area contributed by atoms with Gasteiger partial charge in [-0.1, -0.05) is 48.4 Å². The molecule has 1 aliphatic carbocycles. The number of halogens is 2. The van der Waals surface area contributed by atoms with Crippen LogP contribution < -0.4 is 9.64 Å². The number of piperidine rings is 1. The molecule has 8 nitrogen and oxygen atoms in total. The van der Waals surface area contributed by atoms with Gasteiger partial charge in [0.05, 0.1) is 17.2 Å².